The average molecular weight is 264 g/mol. The molecule has 0 saturated heterocycles. The predicted octanol–water partition coefficient (Wildman–Crippen LogP) is 3.14. The van der Waals surface area contributed by atoms with E-state index in [4.69, 9.17) is 10.5 Å². The lowest BCUT2D eigenvalue weighted by atomic mass is 9.84. The van der Waals surface area contributed by atoms with E-state index in [1.807, 2.05) is 18.2 Å². The third kappa shape index (κ3) is 5.11. The van der Waals surface area contributed by atoms with Crippen LogP contribution in [0, 0.1) is 11.3 Å². The number of methoxy groups -OCH3 is 1. The maximum absolute atomic E-state index is 5.92. The molecule has 2 N–H and O–H groups in total. The minimum Gasteiger partial charge on any atom is -0.495 e. The Morgan fingerprint density at radius 2 is 1.89 bits per heavy atom. The maximum atomic E-state index is 5.92. The highest BCUT2D eigenvalue weighted by Crippen LogP contribution is 2.29. The molecule has 0 saturated carbocycles. The minimum absolute atomic E-state index is 0.311. The van der Waals surface area contributed by atoms with E-state index in [-0.39, 0.29) is 0 Å². The molecule has 1 aromatic rings. The van der Waals surface area contributed by atoms with Crippen LogP contribution in [0.15, 0.2) is 24.3 Å². The summed E-state index contributed by atoms with van der Waals surface area (Å²) in [6.45, 7) is 8.46. The van der Waals surface area contributed by atoms with Crippen LogP contribution < -0.4 is 15.4 Å². The molecule has 1 aromatic carbocycles. The number of anilines is 1. The van der Waals surface area contributed by atoms with Crippen LogP contribution in [0.25, 0.3) is 0 Å². The largest absolute Gasteiger partial charge is 0.495 e. The lowest BCUT2D eigenvalue weighted by Gasteiger charge is -2.30. The van der Waals surface area contributed by atoms with E-state index in [1.54, 1.807) is 7.11 Å². The van der Waals surface area contributed by atoms with Crippen LogP contribution in [0.2, 0.25) is 0 Å². The van der Waals surface area contributed by atoms with E-state index in [0.29, 0.717) is 11.3 Å². The standard InChI is InChI=1S/C16H28N2O/c1-16(2,3)10-13(11-17)12-18(4)14-8-6-7-9-15(14)19-5/h6-9,13H,10-12,17H2,1-5H3. The fraction of sp³-hybridized carbons (Fsp3) is 0.625. The Balaban J connectivity index is 2.74. The van der Waals surface area contributed by atoms with Gasteiger partial charge in [-0.15, -0.1) is 0 Å². The van der Waals surface area contributed by atoms with Gasteiger partial charge in [0, 0.05) is 13.6 Å². The zero-order valence-corrected chi connectivity index (χ0v) is 12.9. The van der Waals surface area contributed by atoms with Crippen molar-refractivity contribution in [1.82, 2.24) is 0 Å². The summed E-state index contributed by atoms with van der Waals surface area (Å²) < 4.78 is 5.41. The first-order chi connectivity index (χ1) is 8.87. The number of nitrogens with two attached hydrogens (primary N) is 1. The number of hydrogen-bond acceptors (Lipinski definition) is 3. The van der Waals surface area contributed by atoms with Crippen molar-refractivity contribution in [2.45, 2.75) is 27.2 Å². The van der Waals surface area contributed by atoms with Gasteiger partial charge in [-0.2, -0.15) is 0 Å². The molecule has 0 fully saturated rings. The van der Waals surface area contributed by atoms with Crippen molar-refractivity contribution < 1.29 is 4.74 Å². The Labute approximate surface area is 117 Å². The third-order valence-electron chi connectivity index (χ3n) is 3.26. The Morgan fingerprint density at radius 1 is 1.26 bits per heavy atom. The van der Waals surface area contributed by atoms with E-state index in [0.717, 1.165) is 30.9 Å². The molecule has 108 valence electrons. The molecule has 0 aliphatic carbocycles. The highest BCUT2D eigenvalue weighted by molar-refractivity contribution is 5.57. The SMILES string of the molecule is COc1ccccc1N(C)CC(CN)CC(C)(C)C. The molecular formula is C16H28N2O. The minimum atomic E-state index is 0.311. The number of ether oxygens (including phenoxy) is 1. The highest BCUT2D eigenvalue weighted by Gasteiger charge is 2.20. The molecule has 3 heteroatoms. The molecule has 1 unspecified atom stereocenters. The van der Waals surface area contributed by atoms with Crippen molar-refractivity contribution in [1.29, 1.82) is 0 Å². The van der Waals surface area contributed by atoms with E-state index in [1.165, 1.54) is 0 Å². The zero-order valence-electron chi connectivity index (χ0n) is 12.9. The van der Waals surface area contributed by atoms with Crippen molar-refractivity contribution in [3.8, 4) is 5.75 Å². The summed E-state index contributed by atoms with van der Waals surface area (Å²) >= 11 is 0. The molecule has 0 aromatic heterocycles. The summed E-state index contributed by atoms with van der Waals surface area (Å²) in [5, 5.41) is 0. The average Bonchev–Trinajstić information content (AvgIpc) is 2.36. The number of benzene rings is 1. The van der Waals surface area contributed by atoms with Gasteiger partial charge in [-0.3, -0.25) is 0 Å². The Hall–Kier alpha value is -1.22. The van der Waals surface area contributed by atoms with Crippen LogP contribution in [-0.2, 0) is 0 Å². The Morgan fingerprint density at radius 3 is 2.42 bits per heavy atom. The molecule has 0 aliphatic rings. The number of hydrogen-bond donors (Lipinski definition) is 1. The normalized spacial score (nSPS) is 13.2. The van der Waals surface area contributed by atoms with Gasteiger partial charge < -0.3 is 15.4 Å². The molecule has 0 spiro atoms. The summed E-state index contributed by atoms with van der Waals surface area (Å²) in [7, 11) is 3.81. The topological polar surface area (TPSA) is 38.5 Å². The predicted molar refractivity (Wildman–Crippen MR) is 82.9 cm³/mol. The van der Waals surface area contributed by atoms with Crippen molar-refractivity contribution in [2.75, 3.05) is 32.1 Å². The van der Waals surface area contributed by atoms with Crippen LogP contribution in [0.3, 0.4) is 0 Å². The first-order valence-electron chi connectivity index (χ1n) is 6.91. The van der Waals surface area contributed by atoms with Crippen molar-refractivity contribution in [3.05, 3.63) is 24.3 Å². The van der Waals surface area contributed by atoms with E-state index < -0.39 is 0 Å². The fourth-order valence-electron chi connectivity index (χ4n) is 2.52. The summed E-state index contributed by atoms with van der Waals surface area (Å²) in [6.07, 6.45) is 1.13. The number of para-hydroxylation sites is 2. The molecule has 1 rings (SSSR count). The van der Waals surface area contributed by atoms with Gasteiger partial charge in [0.05, 0.1) is 12.8 Å². The molecule has 0 aliphatic heterocycles. The zero-order chi connectivity index (χ0) is 14.5. The second kappa shape index (κ2) is 6.80. The van der Waals surface area contributed by atoms with E-state index in [2.05, 4.69) is 38.8 Å². The monoisotopic (exact) mass is 264 g/mol. The molecule has 3 nitrogen and oxygen atoms in total. The van der Waals surface area contributed by atoms with Gasteiger partial charge in [0.25, 0.3) is 0 Å². The van der Waals surface area contributed by atoms with Gasteiger partial charge >= 0.3 is 0 Å². The summed E-state index contributed by atoms with van der Waals surface area (Å²) in [5.41, 5.74) is 7.35. The van der Waals surface area contributed by atoms with E-state index >= 15 is 0 Å². The van der Waals surface area contributed by atoms with Gasteiger partial charge in [0.1, 0.15) is 5.75 Å². The molecule has 0 bridgehead atoms. The quantitative estimate of drug-likeness (QED) is 0.858. The van der Waals surface area contributed by atoms with Crippen molar-refractivity contribution in [3.63, 3.8) is 0 Å². The lowest BCUT2D eigenvalue weighted by Crippen LogP contribution is -2.32. The second-order valence-corrected chi connectivity index (χ2v) is 6.42. The summed E-state index contributed by atoms with van der Waals surface area (Å²) in [6, 6.07) is 8.11. The number of nitrogens with zero attached hydrogens (tertiary/aromatic N) is 1. The first kappa shape index (κ1) is 15.8. The Bertz CT molecular complexity index is 385. The van der Waals surface area contributed by atoms with Crippen LogP contribution >= 0.6 is 0 Å². The third-order valence-corrected chi connectivity index (χ3v) is 3.26. The van der Waals surface area contributed by atoms with Gasteiger partial charge in [-0.1, -0.05) is 32.9 Å². The molecule has 0 heterocycles. The highest BCUT2D eigenvalue weighted by atomic mass is 16.5. The van der Waals surface area contributed by atoms with Crippen LogP contribution in [0.5, 0.6) is 5.75 Å². The van der Waals surface area contributed by atoms with Gasteiger partial charge in [0.15, 0.2) is 0 Å². The first-order valence-corrected chi connectivity index (χ1v) is 6.91. The van der Waals surface area contributed by atoms with Gasteiger partial charge in [-0.05, 0) is 36.4 Å². The summed E-state index contributed by atoms with van der Waals surface area (Å²) in [4.78, 5) is 2.24. The van der Waals surface area contributed by atoms with Crippen LogP contribution in [0.1, 0.15) is 27.2 Å². The number of rotatable bonds is 6. The van der Waals surface area contributed by atoms with E-state index in [9.17, 15) is 0 Å². The fourth-order valence-corrected chi connectivity index (χ4v) is 2.52. The van der Waals surface area contributed by atoms with Crippen LogP contribution in [-0.4, -0.2) is 27.2 Å². The molecule has 1 atom stereocenters. The molecule has 19 heavy (non-hydrogen) atoms. The Kier molecular flexibility index (Phi) is 5.67. The summed E-state index contributed by atoms with van der Waals surface area (Å²) in [5.74, 6) is 1.41. The molecule has 0 amide bonds. The van der Waals surface area contributed by atoms with Crippen LogP contribution in [0.4, 0.5) is 5.69 Å². The van der Waals surface area contributed by atoms with Crippen molar-refractivity contribution >= 4 is 5.69 Å². The molecular weight excluding hydrogens is 236 g/mol. The van der Waals surface area contributed by atoms with Crippen molar-refractivity contribution in [2.24, 2.45) is 17.1 Å². The smallest absolute Gasteiger partial charge is 0.142 e. The second-order valence-electron chi connectivity index (χ2n) is 6.42. The van der Waals surface area contributed by atoms with Gasteiger partial charge in [0.2, 0.25) is 0 Å². The maximum Gasteiger partial charge on any atom is 0.142 e. The molecule has 0 radical (unpaired) electrons. The lowest BCUT2D eigenvalue weighted by molar-refractivity contribution is 0.299. The van der Waals surface area contributed by atoms with Gasteiger partial charge in [-0.25, -0.2) is 0 Å².